The van der Waals surface area contributed by atoms with E-state index in [9.17, 15) is 9.59 Å². The third-order valence-corrected chi connectivity index (χ3v) is 4.27. The molecule has 1 aliphatic rings. The Balaban J connectivity index is 2.04. The van der Waals surface area contributed by atoms with Crippen LogP contribution in [0.1, 0.15) is 37.8 Å². The van der Waals surface area contributed by atoms with Crippen molar-refractivity contribution in [1.29, 1.82) is 0 Å². The molecule has 0 fully saturated rings. The van der Waals surface area contributed by atoms with Crippen molar-refractivity contribution in [3.05, 3.63) is 22.7 Å². The van der Waals surface area contributed by atoms with Crippen molar-refractivity contribution in [3.63, 3.8) is 0 Å². The lowest BCUT2D eigenvalue weighted by atomic mass is 10.1. The molecule has 0 radical (unpaired) electrons. The maximum Gasteiger partial charge on any atom is 0.252 e. The second-order valence-corrected chi connectivity index (χ2v) is 6.87. The Morgan fingerprint density at radius 1 is 1.48 bits per heavy atom. The molecule has 0 saturated carbocycles. The van der Waals surface area contributed by atoms with Gasteiger partial charge in [-0.2, -0.15) is 0 Å². The van der Waals surface area contributed by atoms with Gasteiger partial charge in [-0.25, -0.2) is 4.98 Å². The Morgan fingerprint density at radius 3 is 2.81 bits per heavy atom. The molecule has 5 nitrogen and oxygen atoms in total. The summed E-state index contributed by atoms with van der Waals surface area (Å²) in [6.07, 6.45) is 1.33. The molecule has 2 rings (SSSR count). The first-order valence-corrected chi connectivity index (χ1v) is 7.91. The molecule has 0 aliphatic carbocycles. The molecule has 1 aromatic heterocycles. The molecule has 0 unspecified atom stereocenters. The fraction of sp³-hybridized carbons (Fsp3) is 0.533. The van der Waals surface area contributed by atoms with E-state index >= 15 is 0 Å². The first-order chi connectivity index (χ1) is 9.86. The highest BCUT2D eigenvalue weighted by Gasteiger charge is 2.24. The van der Waals surface area contributed by atoms with Crippen molar-refractivity contribution in [3.8, 4) is 0 Å². The van der Waals surface area contributed by atoms with Crippen molar-refractivity contribution in [1.82, 2.24) is 9.88 Å². The van der Waals surface area contributed by atoms with Crippen molar-refractivity contribution in [2.24, 2.45) is 5.92 Å². The molecule has 0 aromatic carbocycles. The van der Waals surface area contributed by atoms with E-state index in [0.29, 0.717) is 36.1 Å². The summed E-state index contributed by atoms with van der Waals surface area (Å²) in [5.74, 6) is 0.344. The van der Waals surface area contributed by atoms with Crippen molar-refractivity contribution in [2.45, 2.75) is 40.2 Å². The number of nitrogens with one attached hydrogen (secondary N) is 1. The second kappa shape index (κ2) is 6.39. The monoisotopic (exact) mass is 307 g/mol. The summed E-state index contributed by atoms with van der Waals surface area (Å²) in [7, 11) is 0. The standard InChI is InChI=1S/C15H21N3O2S/c1-9(2)7-13(19)18-6-5-11-12(8-18)21-15(16-11)17-14(20)10(3)4/h9H,3,5-8H2,1-2,4H3,(H,16,17,20). The van der Waals surface area contributed by atoms with Crippen LogP contribution < -0.4 is 5.32 Å². The Labute approximate surface area is 129 Å². The van der Waals surface area contributed by atoms with Gasteiger partial charge in [0.1, 0.15) is 0 Å². The summed E-state index contributed by atoms with van der Waals surface area (Å²) in [4.78, 5) is 31.1. The van der Waals surface area contributed by atoms with Crippen LogP contribution in [0.5, 0.6) is 0 Å². The van der Waals surface area contributed by atoms with Gasteiger partial charge in [-0.05, 0) is 12.8 Å². The van der Waals surface area contributed by atoms with Crippen LogP contribution in [0.25, 0.3) is 0 Å². The van der Waals surface area contributed by atoms with Crippen LogP contribution in [0.15, 0.2) is 12.2 Å². The zero-order valence-corrected chi connectivity index (χ0v) is 13.5. The van der Waals surface area contributed by atoms with Crippen LogP contribution in [0.3, 0.4) is 0 Å². The fourth-order valence-electron chi connectivity index (χ4n) is 2.14. The number of rotatable bonds is 4. The van der Waals surface area contributed by atoms with Gasteiger partial charge < -0.3 is 4.90 Å². The van der Waals surface area contributed by atoms with Gasteiger partial charge in [-0.15, -0.1) is 0 Å². The Hall–Kier alpha value is -1.69. The highest BCUT2D eigenvalue weighted by atomic mass is 32.1. The lowest BCUT2D eigenvalue weighted by Gasteiger charge is -2.26. The maximum atomic E-state index is 12.1. The first-order valence-electron chi connectivity index (χ1n) is 7.10. The zero-order valence-electron chi connectivity index (χ0n) is 12.7. The van der Waals surface area contributed by atoms with Gasteiger partial charge >= 0.3 is 0 Å². The largest absolute Gasteiger partial charge is 0.337 e. The molecule has 21 heavy (non-hydrogen) atoms. The molecular formula is C15H21N3O2S. The summed E-state index contributed by atoms with van der Waals surface area (Å²) in [5.41, 5.74) is 1.45. The van der Waals surface area contributed by atoms with Crippen LogP contribution >= 0.6 is 11.3 Å². The van der Waals surface area contributed by atoms with Crippen molar-refractivity contribution in [2.75, 3.05) is 11.9 Å². The third-order valence-electron chi connectivity index (χ3n) is 3.27. The number of amides is 2. The lowest BCUT2D eigenvalue weighted by molar-refractivity contribution is -0.132. The molecule has 1 N–H and O–H groups in total. The molecule has 0 saturated heterocycles. The number of carbonyl (C=O) groups excluding carboxylic acids is 2. The van der Waals surface area contributed by atoms with Gasteiger partial charge in [0.25, 0.3) is 5.91 Å². The zero-order chi connectivity index (χ0) is 15.6. The van der Waals surface area contributed by atoms with Crippen LogP contribution in [0, 0.1) is 5.92 Å². The third kappa shape index (κ3) is 3.91. The van der Waals surface area contributed by atoms with Crippen LogP contribution in [-0.2, 0) is 22.6 Å². The number of hydrogen-bond acceptors (Lipinski definition) is 4. The predicted molar refractivity (Wildman–Crippen MR) is 84.1 cm³/mol. The minimum Gasteiger partial charge on any atom is -0.337 e. The minimum atomic E-state index is -0.214. The van der Waals surface area contributed by atoms with E-state index in [1.165, 1.54) is 11.3 Å². The van der Waals surface area contributed by atoms with E-state index < -0.39 is 0 Å². The number of anilines is 1. The predicted octanol–water partition coefficient (Wildman–Crippen LogP) is 2.59. The summed E-state index contributed by atoms with van der Waals surface area (Å²) >= 11 is 1.44. The van der Waals surface area contributed by atoms with Gasteiger partial charge in [0.05, 0.1) is 12.2 Å². The molecule has 1 aliphatic heterocycles. The van der Waals surface area contributed by atoms with Gasteiger partial charge in [0, 0.05) is 29.8 Å². The van der Waals surface area contributed by atoms with E-state index in [1.54, 1.807) is 6.92 Å². The van der Waals surface area contributed by atoms with Crippen LogP contribution in [-0.4, -0.2) is 28.2 Å². The van der Waals surface area contributed by atoms with Crippen molar-refractivity contribution >= 4 is 28.3 Å². The SMILES string of the molecule is C=C(C)C(=O)Nc1nc2c(s1)CN(C(=O)CC(C)C)CC2. The highest BCUT2D eigenvalue weighted by Crippen LogP contribution is 2.29. The fourth-order valence-corrected chi connectivity index (χ4v) is 3.16. The quantitative estimate of drug-likeness (QED) is 0.870. The number of thiazole rings is 1. The van der Waals surface area contributed by atoms with Gasteiger partial charge in [0.15, 0.2) is 5.13 Å². The van der Waals surface area contributed by atoms with E-state index in [4.69, 9.17) is 0 Å². The average molecular weight is 307 g/mol. The molecular weight excluding hydrogens is 286 g/mol. The summed E-state index contributed by atoms with van der Waals surface area (Å²) in [6, 6.07) is 0. The highest BCUT2D eigenvalue weighted by molar-refractivity contribution is 7.15. The molecule has 6 heteroatoms. The van der Waals surface area contributed by atoms with Crippen molar-refractivity contribution < 1.29 is 9.59 Å². The Kier molecular flexibility index (Phi) is 4.77. The molecule has 0 bridgehead atoms. The van der Waals surface area contributed by atoms with Gasteiger partial charge in [0.2, 0.25) is 5.91 Å². The lowest BCUT2D eigenvalue weighted by Crippen LogP contribution is -2.36. The van der Waals surface area contributed by atoms with Crippen LogP contribution in [0.4, 0.5) is 5.13 Å². The minimum absolute atomic E-state index is 0.191. The van der Waals surface area contributed by atoms with Crippen LogP contribution in [0.2, 0.25) is 0 Å². The number of carbonyl (C=O) groups is 2. The smallest absolute Gasteiger partial charge is 0.252 e. The molecule has 2 heterocycles. The topological polar surface area (TPSA) is 62.3 Å². The molecule has 0 atom stereocenters. The maximum absolute atomic E-state index is 12.1. The van der Waals surface area contributed by atoms with E-state index in [1.807, 2.05) is 18.7 Å². The summed E-state index contributed by atoms with van der Waals surface area (Å²) in [6.45, 7) is 10.7. The Bertz CT molecular complexity index is 577. The summed E-state index contributed by atoms with van der Waals surface area (Å²) < 4.78 is 0. The Morgan fingerprint density at radius 2 is 2.19 bits per heavy atom. The molecule has 2 amide bonds. The average Bonchev–Trinajstić information content (AvgIpc) is 2.78. The normalized spacial score (nSPS) is 14.0. The molecule has 1 aromatic rings. The van der Waals surface area contributed by atoms with Gasteiger partial charge in [-0.3, -0.25) is 14.9 Å². The summed E-state index contributed by atoms with van der Waals surface area (Å²) in [5, 5.41) is 3.33. The van der Waals surface area contributed by atoms with Gasteiger partial charge in [-0.1, -0.05) is 31.8 Å². The molecule has 0 spiro atoms. The van der Waals surface area contributed by atoms with E-state index in [0.717, 1.165) is 17.0 Å². The number of hydrogen-bond donors (Lipinski definition) is 1. The first kappa shape index (κ1) is 15.7. The van der Waals surface area contributed by atoms with E-state index in [-0.39, 0.29) is 11.8 Å². The van der Waals surface area contributed by atoms with E-state index in [2.05, 4.69) is 16.9 Å². The number of fused-ring (bicyclic) bond motifs is 1. The number of aromatic nitrogens is 1. The molecule has 114 valence electrons. The number of nitrogens with zero attached hydrogens (tertiary/aromatic N) is 2. The second-order valence-electron chi connectivity index (χ2n) is 5.79.